The number of carbonyl (C=O) groups excluding carboxylic acids is 1. The normalized spacial score (nSPS) is 10.2. The molecule has 0 unspecified atom stereocenters. The van der Waals surface area contributed by atoms with Gasteiger partial charge in [0.05, 0.1) is 17.1 Å². The predicted octanol–water partition coefficient (Wildman–Crippen LogP) is 3.71. The maximum absolute atomic E-state index is 11.8. The molecule has 0 fully saturated rings. The first-order chi connectivity index (χ1) is 9.58. The van der Waals surface area contributed by atoms with Crippen LogP contribution in [0.2, 0.25) is 5.02 Å². The molecule has 0 aliphatic heterocycles. The number of halogens is 1. The Balaban J connectivity index is 1.98. The molecule has 0 aliphatic rings. The van der Waals surface area contributed by atoms with Gasteiger partial charge in [0.15, 0.2) is 0 Å². The highest BCUT2D eigenvalue weighted by Gasteiger charge is 2.17. The van der Waals surface area contributed by atoms with Crippen LogP contribution in [0.25, 0.3) is 0 Å². The first-order valence-corrected chi connectivity index (χ1v) is 6.97. The predicted molar refractivity (Wildman–Crippen MR) is 76.4 cm³/mol. The number of carbonyl (C=O) groups is 1. The third-order valence-corrected chi connectivity index (χ3v) is 3.80. The lowest BCUT2D eigenvalue weighted by Crippen LogP contribution is -2.08. The van der Waals surface area contributed by atoms with Crippen molar-refractivity contribution < 1.29 is 14.5 Å². The lowest BCUT2D eigenvalue weighted by atomic mass is 10.2. The van der Waals surface area contributed by atoms with E-state index in [2.05, 4.69) is 0 Å². The zero-order valence-electron chi connectivity index (χ0n) is 10.2. The number of benzene rings is 1. The van der Waals surface area contributed by atoms with Gasteiger partial charge in [-0.2, -0.15) is 0 Å². The minimum atomic E-state index is -0.634. The van der Waals surface area contributed by atoms with Gasteiger partial charge in [0.25, 0.3) is 5.69 Å². The quantitative estimate of drug-likeness (QED) is 0.479. The first kappa shape index (κ1) is 14.5. The topological polar surface area (TPSA) is 69.4 Å². The molecule has 2 aromatic rings. The fourth-order valence-electron chi connectivity index (χ4n) is 1.56. The smallest absolute Gasteiger partial charge is 0.338 e. The molecule has 0 radical (unpaired) electrons. The van der Waals surface area contributed by atoms with Gasteiger partial charge in [-0.25, -0.2) is 4.79 Å². The van der Waals surface area contributed by atoms with E-state index in [9.17, 15) is 14.9 Å². The van der Waals surface area contributed by atoms with E-state index in [1.54, 1.807) is 11.3 Å². The van der Waals surface area contributed by atoms with Gasteiger partial charge < -0.3 is 4.74 Å². The molecule has 2 rings (SSSR count). The van der Waals surface area contributed by atoms with Crippen LogP contribution in [0.15, 0.2) is 35.7 Å². The van der Waals surface area contributed by atoms with Crippen LogP contribution in [0.4, 0.5) is 5.69 Å². The number of rotatable bonds is 5. The molecule has 1 aromatic heterocycles. The Labute approximate surface area is 123 Å². The molecule has 5 nitrogen and oxygen atoms in total. The van der Waals surface area contributed by atoms with E-state index in [4.69, 9.17) is 16.3 Å². The molecular weight excluding hydrogens is 302 g/mol. The number of nitrogens with zero attached hydrogens (tertiary/aromatic N) is 1. The summed E-state index contributed by atoms with van der Waals surface area (Å²) >= 11 is 7.26. The van der Waals surface area contributed by atoms with Crippen molar-refractivity contribution in [2.45, 2.75) is 6.42 Å². The van der Waals surface area contributed by atoms with Crippen molar-refractivity contribution >= 4 is 34.6 Å². The summed E-state index contributed by atoms with van der Waals surface area (Å²) in [6, 6.07) is 7.71. The van der Waals surface area contributed by atoms with Crippen molar-refractivity contribution in [2.24, 2.45) is 0 Å². The summed E-state index contributed by atoms with van der Waals surface area (Å²) in [6.07, 6.45) is 0.624. The molecule has 7 heteroatoms. The molecule has 0 amide bonds. The Morgan fingerprint density at radius 1 is 1.40 bits per heavy atom. The lowest BCUT2D eigenvalue weighted by molar-refractivity contribution is -0.384. The van der Waals surface area contributed by atoms with E-state index in [-0.39, 0.29) is 22.9 Å². The van der Waals surface area contributed by atoms with Crippen molar-refractivity contribution in [1.29, 1.82) is 0 Å². The highest BCUT2D eigenvalue weighted by Crippen LogP contribution is 2.25. The van der Waals surface area contributed by atoms with Gasteiger partial charge in [-0.15, -0.1) is 11.3 Å². The molecule has 0 saturated heterocycles. The van der Waals surface area contributed by atoms with Gasteiger partial charge >= 0.3 is 5.97 Å². The van der Waals surface area contributed by atoms with Crippen LogP contribution in [0, 0.1) is 10.1 Å². The molecule has 0 aliphatic carbocycles. The third-order valence-electron chi connectivity index (χ3n) is 2.54. The van der Waals surface area contributed by atoms with Crippen LogP contribution in [-0.4, -0.2) is 17.5 Å². The maximum Gasteiger partial charge on any atom is 0.338 e. The Morgan fingerprint density at radius 2 is 2.20 bits per heavy atom. The SMILES string of the molecule is O=C(OCCc1cccs1)c1ccc(Cl)c([N+](=O)[O-])c1. The fourth-order valence-corrected chi connectivity index (χ4v) is 2.44. The fraction of sp³-hybridized carbons (Fsp3) is 0.154. The third kappa shape index (κ3) is 3.55. The molecule has 0 bridgehead atoms. The minimum absolute atomic E-state index is 0.00913. The monoisotopic (exact) mass is 311 g/mol. The Kier molecular flexibility index (Phi) is 4.70. The lowest BCUT2D eigenvalue weighted by Gasteiger charge is -2.04. The number of ether oxygens (including phenoxy) is 1. The Bertz CT molecular complexity index is 627. The van der Waals surface area contributed by atoms with E-state index in [0.29, 0.717) is 6.42 Å². The van der Waals surface area contributed by atoms with Crippen LogP contribution in [0.3, 0.4) is 0 Å². The van der Waals surface area contributed by atoms with E-state index < -0.39 is 10.9 Å². The van der Waals surface area contributed by atoms with Gasteiger partial charge in [0.1, 0.15) is 5.02 Å². The summed E-state index contributed by atoms with van der Waals surface area (Å²) in [7, 11) is 0. The second-order valence-electron chi connectivity index (χ2n) is 3.89. The Morgan fingerprint density at radius 3 is 2.85 bits per heavy atom. The Hall–Kier alpha value is -1.92. The number of nitro benzene ring substituents is 1. The second-order valence-corrected chi connectivity index (χ2v) is 5.33. The van der Waals surface area contributed by atoms with E-state index in [1.807, 2.05) is 17.5 Å². The maximum atomic E-state index is 11.8. The van der Waals surface area contributed by atoms with Crippen molar-refractivity contribution in [3.8, 4) is 0 Å². The average molecular weight is 312 g/mol. The second kappa shape index (κ2) is 6.49. The van der Waals surface area contributed by atoms with Crippen molar-refractivity contribution in [1.82, 2.24) is 0 Å². The summed E-state index contributed by atoms with van der Waals surface area (Å²) in [5.74, 6) is -0.596. The number of nitro groups is 1. The minimum Gasteiger partial charge on any atom is -0.462 e. The van der Waals surface area contributed by atoms with Gasteiger partial charge in [-0.3, -0.25) is 10.1 Å². The van der Waals surface area contributed by atoms with Crippen molar-refractivity contribution in [3.05, 3.63) is 61.3 Å². The molecule has 0 N–H and O–H groups in total. The van der Waals surface area contributed by atoms with E-state index in [0.717, 1.165) is 10.9 Å². The zero-order valence-corrected chi connectivity index (χ0v) is 11.8. The van der Waals surface area contributed by atoms with Gasteiger partial charge in [-0.1, -0.05) is 17.7 Å². The molecule has 0 atom stereocenters. The highest BCUT2D eigenvalue weighted by atomic mass is 35.5. The number of hydrogen-bond donors (Lipinski definition) is 0. The van der Waals surface area contributed by atoms with Crippen LogP contribution >= 0.6 is 22.9 Å². The van der Waals surface area contributed by atoms with Gasteiger partial charge in [0, 0.05) is 17.4 Å². The van der Waals surface area contributed by atoms with Gasteiger partial charge in [0.2, 0.25) is 0 Å². The van der Waals surface area contributed by atoms with E-state index in [1.165, 1.54) is 12.1 Å². The first-order valence-electron chi connectivity index (χ1n) is 5.71. The summed E-state index contributed by atoms with van der Waals surface area (Å²) in [4.78, 5) is 23.0. The average Bonchev–Trinajstić information content (AvgIpc) is 2.92. The number of thiophene rings is 1. The molecule has 1 heterocycles. The molecule has 1 aromatic carbocycles. The van der Waals surface area contributed by atoms with Crippen molar-refractivity contribution in [3.63, 3.8) is 0 Å². The van der Waals surface area contributed by atoms with Crippen LogP contribution in [0.1, 0.15) is 15.2 Å². The van der Waals surface area contributed by atoms with Crippen LogP contribution < -0.4 is 0 Å². The summed E-state index contributed by atoms with van der Waals surface area (Å²) in [5.41, 5.74) is -0.188. The van der Waals surface area contributed by atoms with Gasteiger partial charge in [-0.05, 0) is 23.6 Å². The molecule has 0 spiro atoms. The van der Waals surface area contributed by atoms with Crippen LogP contribution in [0.5, 0.6) is 0 Å². The molecule has 104 valence electrons. The number of hydrogen-bond acceptors (Lipinski definition) is 5. The highest BCUT2D eigenvalue weighted by molar-refractivity contribution is 7.09. The molecule has 0 saturated carbocycles. The summed E-state index contributed by atoms with van der Waals surface area (Å²) in [5, 5.41) is 12.7. The molecular formula is C13H10ClNO4S. The van der Waals surface area contributed by atoms with E-state index >= 15 is 0 Å². The standard InChI is InChI=1S/C13H10ClNO4S/c14-11-4-3-9(8-12(11)15(17)18)13(16)19-6-5-10-2-1-7-20-10/h1-4,7-8H,5-6H2. The summed E-state index contributed by atoms with van der Waals surface area (Å²) in [6.45, 7) is 0.232. The zero-order chi connectivity index (χ0) is 14.5. The largest absolute Gasteiger partial charge is 0.462 e. The summed E-state index contributed by atoms with van der Waals surface area (Å²) < 4.78 is 5.08. The molecule has 20 heavy (non-hydrogen) atoms. The van der Waals surface area contributed by atoms with Crippen LogP contribution in [-0.2, 0) is 11.2 Å². The van der Waals surface area contributed by atoms with Crippen molar-refractivity contribution in [2.75, 3.05) is 6.61 Å². The number of esters is 1.